The smallest absolute Gasteiger partial charge is 0.405 e. The lowest BCUT2D eigenvalue weighted by Crippen LogP contribution is -2.38. The highest BCUT2D eigenvalue weighted by Crippen LogP contribution is 2.28. The molecule has 5 N–H and O–H groups in total. The number of hydrogen-bond acceptors (Lipinski definition) is 10. The van der Waals surface area contributed by atoms with Crippen molar-refractivity contribution in [1.82, 2.24) is 15.5 Å². The van der Waals surface area contributed by atoms with Crippen molar-refractivity contribution in [2.45, 2.75) is 65.0 Å². The van der Waals surface area contributed by atoms with Crippen molar-refractivity contribution in [1.29, 1.82) is 0 Å². The number of rotatable bonds is 7. The van der Waals surface area contributed by atoms with Gasteiger partial charge in [0.05, 0.1) is 23.6 Å². The average Bonchev–Trinajstić information content (AvgIpc) is 2.95. The Labute approximate surface area is 260 Å². The van der Waals surface area contributed by atoms with Gasteiger partial charge < -0.3 is 40.6 Å². The number of carbonyl (C=O) groups is 4. The number of hydrogen-bond donors (Lipinski definition) is 4. The second-order valence-electron chi connectivity index (χ2n) is 11.7. The zero-order valence-electron chi connectivity index (χ0n) is 27.0. The van der Waals surface area contributed by atoms with E-state index in [0.29, 0.717) is 25.1 Å². The maximum atomic E-state index is 13.7. The molecule has 2 bridgehead atoms. The Kier molecular flexibility index (Phi) is 14.2. The van der Waals surface area contributed by atoms with E-state index in [1.165, 1.54) is 20.3 Å². The van der Waals surface area contributed by atoms with Crippen molar-refractivity contribution in [3.05, 3.63) is 58.5 Å². The predicted molar refractivity (Wildman–Crippen MR) is 166 cm³/mol. The number of aliphatic hydroxyl groups is 1. The van der Waals surface area contributed by atoms with Crippen molar-refractivity contribution in [2.75, 3.05) is 41.4 Å². The second kappa shape index (κ2) is 17.0. The summed E-state index contributed by atoms with van der Waals surface area (Å²) in [6.45, 7) is 8.09. The molecule has 0 aromatic heterocycles. The van der Waals surface area contributed by atoms with Crippen molar-refractivity contribution in [3.8, 4) is 0 Å². The molecule has 0 saturated carbocycles. The molecule has 244 valence electrons. The molecular formula is C32H48N4O8. The Morgan fingerprint density at radius 3 is 2.43 bits per heavy atom. The average molecular weight is 617 g/mol. The molecule has 0 aromatic carbocycles. The monoisotopic (exact) mass is 616 g/mol. The van der Waals surface area contributed by atoms with Gasteiger partial charge in [0.25, 0.3) is 5.91 Å². The highest BCUT2D eigenvalue weighted by Gasteiger charge is 2.33. The number of methoxy groups -OCH3 is 2. The van der Waals surface area contributed by atoms with Gasteiger partial charge in [-0.05, 0) is 52.3 Å². The van der Waals surface area contributed by atoms with E-state index in [1.807, 2.05) is 32.8 Å². The van der Waals surface area contributed by atoms with Crippen LogP contribution in [0, 0.1) is 11.8 Å². The van der Waals surface area contributed by atoms with E-state index < -0.39 is 53.9 Å². The summed E-state index contributed by atoms with van der Waals surface area (Å²) < 4.78 is 16.6. The largest absolute Gasteiger partial charge is 0.439 e. The third kappa shape index (κ3) is 10.3. The highest BCUT2D eigenvalue weighted by molar-refractivity contribution is 6.23. The summed E-state index contributed by atoms with van der Waals surface area (Å²) in [6, 6.07) is 0. The van der Waals surface area contributed by atoms with Gasteiger partial charge in [-0.25, -0.2) is 4.79 Å². The Bertz CT molecular complexity index is 1230. The number of amides is 2. The lowest BCUT2D eigenvalue weighted by molar-refractivity contribution is -0.120. The summed E-state index contributed by atoms with van der Waals surface area (Å²) >= 11 is 0. The van der Waals surface area contributed by atoms with Crippen molar-refractivity contribution < 1.29 is 38.5 Å². The number of Topliss-reactive ketones (excluding diaryl/α,β-unsaturated/α-hetero) is 1. The van der Waals surface area contributed by atoms with E-state index in [4.69, 9.17) is 19.9 Å². The molecule has 1 aliphatic carbocycles. The van der Waals surface area contributed by atoms with Crippen LogP contribution >= 0.6 is 0 Å². The van der Waals surface area contributed by atoms with Crippen LogP contribution in [0.15, 0.2) is 58.5 Å². The molecule has 1 aliphatic heterocycles. The summed E-state index contributed by atoms with van der Waals surface area (Å²) in [4.78, 5) is 53.7. The number of nitrogens with zero attached hydrogens (tertiary/aromatic N) is 1. The van der Waals surface area contributed by atoms with Gasteiger partial charge in [-0.2, -0.15) is 0 Å². The Balaban J connectivity index is 2.60. The van der Waals surface area contributed by atoms with Crippen LogP contribution in [0.2, 0.25) is 0 Å². The van der Waals surface area contributed by atoms with Crippen LogP contribution < -0.4 is 16.4 Å². The maximum Gasteiger partial charge on any atom is 0.405 e. The minimum atomic E-state index is -0.997. The Morgan fingerprint density at radius 1 is 1.16 bits per heavy atom. The standard InChI is InChI=1S/C32H48N4O8/c1-18-14-22-27(34-12-13-36(5)6)24(37)17-23(29(22)39)35-31(40)19(2)10-9-11-25(42-7)30(44-32(33)41)21(4)16-20(3)28(38)26(15-18)43-8/h9-11,16-18,20,25-26,28,30,34,38H,12-15H2,1-8H3,(H2,33,41)(H,35,40)/t18-,20-,25+,26-,28+,30-/m1/s1. The SMILES string of the molecule is CO[C@H]1C=CC=C(C)C(=O)NC2=CC(=O)C(NCCN(C)C)=C(C[C@@H](C)C[C@@H](OC)[C@@H](O)[C@H](C)C=C(C)[C@H]1OC(N)=O)C2=O. The van der Waals surface area contributed by atoms with E-state index in [9.17, 15) is 24.3 Å². The van der Waals surface area contributed by atoms with Crippen molar-refractivity contribution in [3.63, 3.8) is 0 Å². The second-order valence-corrected chi connectivity index (χ2v) is 11.7. The van der Waals surface area contributed by atoms with Gasteiger partial charge in [-0.3, -0.25) is 14.4 Å². The minimum Gasteiger partial charge on any atom is -0.439 e. The number of primary amides is 1. The molecule has 12 nitrogen and oxygen atoms in total. The van der Waals surface area contributed by atoms with Gasteiger partial charge in [0, 0.05) is 50.4 Å². The lowest BCUT2D eigenvalue weighted by Gasteiger charge is -2.30. The van der Waals surface area contributed by atoms with Crippen LogP contribution in [0.4, 0.5) is 4.79 Å². The molecule has 2 amide bonds. The Morgan fingerprint density at radius 2 is 1.84 bits per heavy atom. The number of likely N-dealkylation sites (N-methyl/N-ethyl adjacent to an activating group) is 1. The number of nitrogens with one attached hydrogen (secondary N) is 2. The van der Waals surface area contributed by atoms with Crippen molar-refractivity contribution in [2.24, 2.45) is 17.6 Å². The molecule has 12 heteroatoms. The van der Waals surface area contributed by atoms with E-state index in [2.05, 4.69) is 10.6 Å². The van der Waals surface area contributed by atoms with Gasteiger partial charge in [0.2, 0.25) is 11.6 Å². The molecule has 44 heavy (non-hydrogen) atoms. The number of allylic oxidation sites excluding steroid dienone is 4. The van der Waals surface area contributed by atoms with Crippen LogP contribution in [-0.2, 0) is 28.6 Å². The zero-order valence-corrected chi connectivity index (χ0v) is 27.0. The quantitative estimate of drug-likeness (QED) is 0.245. The van der Waals surface area contributed by atoms with Crippen molar-refractivity contribution >= 4 is 23.6 Å². The van der Waals surface area contributed by atoms with Gasteiger partial charge in [0.15, 0.2) is 6.10 Å². The van der Waals surface area contributed by atoms with Gasteiger partial charge >= 0.3 is 6.09 Å². The molecule has 0 unspecified atom stereocenters. The van der Waals surface area contributed by atoms with E-state index in [-0.39, 0.29) is 34.9 Å². The zero-order chi connectivity index (χ0) is 33.1. The molecule has 1 heterocycles. The van der Waals surface area contributed by atoms with Gasteiger partial charge in [-0.15, -0.1) is 0 Å². The normalized spacial score (nSPS) is 27.9. The fourth-order valence-electron chi connectivity index (χ4n) is 5.18. The number of nitrogens with two attached hydrogens (primary N) is 1. The first-order chi connectivity index (χ1) is 20.7. The summed E-state index contributed by atoms with van der Waals surface area (Å²) in [5.74, 6) is -2.06. The topological polar surface area (TPSA) is 170 Å². The number of ether oxygens (including phenoxy) is 3. The summed E-state index contributed by atoms with van der Waals surface area (Å²) in [6.07, 6.45) is 3.88. The molecular weight excluding hydrogens is 568 g/mol. The lowest BCUT2D eigenvalue weighted by atomic mass is 9.85. The summed E-state index contributed by atoms with van der Waals surface area (Å²) in [7, 11) is 6.74. The summed E-state index contributed by atoms with van der Waals surface area (Å²) in [5, 5.41) is 17.0. The minimum absolute atomic E-state index is 0.114. The fourth-order valence-corrected chi connectivity index (χ4v) is 5.18. The third-order valence-corrected chi connectivity index (χ3v) is 7.65. The number of carbonyl (C=O) groups excluding carboxylic acids is 4. The maximum absolute atomic E-state index is 13.7. The molecule has 0 radical (unpaired) electrons. The molecule has 0 aromatic rings. The first-order valence-corrected chi connectivity index (χ1v) is 14.7. The van der Waals surface area contributed by atoms with Gasteiger partial charge in [-0.1, -0.05) is 38.2 Å². The number of fused-ring (bicyclic) bond motifs is 2. The van der Waals surface area contributed by atoms with Crippen LogP contribution in [-0.4, -0.2) is 99.4 Å². The molecule has 6 atom stereocenters. The van der Waals surface area contributed by atoms with Crippen LogP contribution in [0.3, 0.4) is 0 Å². The van der Waals surface area contributed by atoms with Crippen LogP contribution in [0.25, 0.3) is 0 Å². The number of aliphatic hydroxyl groups excluding tert-OH is 1. The number of ketones is 2. The molecule has 0 fully saturated rings. The van der Waals surface area contributed by atoms with Gasteiger partial charge in [0.1, 0.15) is 6.10 Å². The molecule has 2 aliphatic rings. The van der Waals surface area contributed by atoms with Crippen LogP contribution in [0.1, 0.15) is 40.5 Å². The predicted octanol–water partition coefficient (Wildman–Crippen LogP) is 1.91. The summed E-state index contributed by atoms with van der Waals surface area (Å²) in [5.41, 5.74) is 6.55. The Hall–Kier alpha value is -3.58. The first kappa shape index (κ1) is 36.6. The van der Waals surface area contributed by atoms with E-state index >= 15 is 0 Å². The first-order valence-electron chi connectivity index (χ1n) is 14.7. The van der Waals surface area contributed by atoms with E-state index in [0.717, 1.165) is 6.08 Å². The molecule has 0 spiro atoms. The third-order valence-electron chi connectivity index (χ3n) is 7.65. The fraction of sp³-hybridized carbons (Fsp3) is 0.562. The molecule has 2 rings (SSSR count). The molecule has 0 saturated heterocycles. The van der Waals surface area contributed by atoms with Crippen LogP contribution in [0.5, 0.6) is 0 Å². The van der Waals surface area contributed by atoms with E-state index in [1.54, 1.807) is 32.1 Å². The highest BCUT2D eigenvalue weighted by atomic mass is 16.6.